The zero-order valence-electron chi connectivity index (χ0n) is 16.4. The van der Waals surface area contributed by atoms with Crippen LogP contribution in [0.1, 0.15) is 32.1 Å². The summed E-state index contributed by atoms with van der Waals surface area (Å²) in [6, 6.07) is 5.40. The maximum Gasteiger partial charge on any atom is 0.233 e. The lowest BCUT2D eigenvalue weighted by atomic mass is 9.81. The molecule has 7 nitrogen and oxygen atoms in total. The number of carbonyl (C=O) groups is 3. The summed E-state index contributed by atoms with van der Waals surface area (Å²) in [6.45, 7) is 2.75. The second-order valence-electron chi connectivity index (χ2n) is 7.86. The third kappa shape index (κ3) is 4.12. The molecule has 2 aliphatic heterocycles. The molecule has 2 atom stereocenters. The zero-order valence-corrected chi connectivity index (χ0v) is 17.1. The molecule has 0 spiro atoms. The van der Waals surface area contributed by atoms with E-state index in [1.165, 1.54) is 4.90 Å². The highest BCUT2D eigenvalue weighted by molar-refractivity contribution is 6.34. The van der Waals surface area contributed by atoms with Gasteiger partial charge in [0, 0.05) is 26.1 Å². The van der Waals surface area contributed by atoms with Gasteiger partial charge in [-0.05, 0) is 25.0 Å². The monoisotopic (exact) mass is 419 g/mol. The van der Waals surface area contributed by atoms with Gasteiger partial charge in [-0.15, -0.1) is 0 Å². The van der Waals surface area contributed by atoms with Crippen molar-refractivity contribution in [2.24, 2.45) is 11.8 Å². The molecule has 3 aliphatic rings. The van der Waals surface area contributed by atoms with Crippen LogP contribution in [0.15, 0.2) is 18.2 Å². The summed E-state index contributed by atoms with van der Waals surface area (Å²) in [5.74, 6) is -0.814. The summed E-state index contributed by atoms with van der Waals surface area (Å²) < 4.78 is 5.40. The Kier molecular flexibility index (Phi) is 6.06. The fraction of sp³-hybridized carbons (Fsp3) is 0.571. The molecule has 8 heteroatoms. The Morgan fingerprint density at radius 2 is 1.76 bits per heavy atom. The second-order valence-corrected chi connectivity index (χ2v) is 8.27. The van der Waals surface area contributed by atoms with E-state index in [1.807, 2.05) is 6.07 Å². The number of imide groups is 1. The number of rotatable bonds is 5. The number of likely N-dealkylation sites (tertiary alicyclic amines) is 1. The van der Waals surface area contributed by atoms with Gasteiger partial charge in [-0.25, -0.2) is 0 Å². The van der Waals surface area contributed by atoms with Gasteiger partial charge in [0.05, 0.1) is 41.4 Å². The number of carbonyl (C=O) groups excluding carboxylic acids is 3. The van der Waals surface area contributed by atoms with Crippen LogP contribution in [0.3, 0.4) is 0 Å². The van der Waals surface area contributed by atoms with Crippen LogP contribution in [0, 0.1) is 11.8 Å². The minimum Gasteiger partial charge on any atom is -0.378 e. The number of nitrogens with zero attached hydrogens (tertiary/aromatic N) is 2. The predicted molar refractivity (Wildman–Crippen MR) is 110 cm³/mol. The van der Waals surface area contributed by atoms with E-state index in [9.17, 15) is 14.4 Å². The van der Waals surface area contributed by atoms with Crippen molar-refractivity contribution in [3.05, 3.63) is 23.2 Å². The standard InChI is InChI=1S/C21H26ClN3O4/c22-16-6-3-7-17(19(16)24-10-12-29-13-11-24)23-18(26)8-9-25-20(27)14-4-1-2-5-15(14)21(25)28/h3,6-7,14-15H,1-2,4-5,8-13H2,(H,23,26)/t14-,15-/m1/s1. The minimum atomic E-state index is -0.239. The van der Waals surface area contributed by atoms with E-state index in [4.69, 9.17) is 16.3 Å². The molecule has 1 aromatic carbocycles. The average molecular weight is 420 g/mol. The smallest absolute Gasteiger partial charge is 0.233 e. The van der Waals surface area contributed by atoms with Crippen molar-refractivity contribution in [3.63, 3.8) is 0 Å². The van der Waals surface area contributed by atoms with Gasteiger partial charge in [0.1, 0.15) is 0 Å². The lowest BCUT2D eigenvalue weighted by molar-refractivity contribution is -0.140. The van der Waals surface area contributed by atoms with E-state index in [1.54, 1.807) is 12.1 Å². The summed E-state index contributed by atoms with van der Waals surface area (Å²) >= 11 is 6.40. The SMILES string of the molecule is O=C(CCN1C(=O)[C@@H]2CCCC[C@H]2C1=O)Nc1cccc(Cl)c1N1CCOCC1. The van der Waals surface area contributed by atoms with Crippen molar-refractivity contribution in [2.45, 2.75) is 32.1 Å². The lowest BCUT2D eigenvalue weighted by Gasteiger charge is -2.31. The van der Waals surface area contributed by atoms with Gasteiger partial charge in [0.15, 0.2) is 0 Å². The molecule has 1 saturated carbocycles. The Bertz CT molecular complexity index is 785. The van der Waals surface area contributed by atoms with Crippen LogP contribution in [-0.4, -0.2) is 55.5 Å². The van der Waals surface area contributed by atoms with Crippen LogP contribution in [0.5, 0.6) is 0 Å². The maximum atomic E-state index is 12.6. The van der Waals surface area contributed by atoms with Crippen molar-refractivity contribution >= 4 is 40.7 Å². The van der Waals surface area contributed by atoms with Gasteiger partial charge in [-0.3, -0.25) is 19.3 Å². The molecule has 2 saturated heterocycles. The maximum absolute atomic E-state index is 12.6. The van der Waals surface area contributed by atoms with E-state index in [2.05, 4.69) is 10.2 Å². The van der Waals surface area contributed by atoms with E-state index in [0.29, 0.717) is 37.0 Å². The van der Waals surface area contributed by atoms with E-state index in [0.717, 1.165) is 31.4 Å². The average Bonchev–Trinajstić information content (AvgIpc) is 2.98. The molecule has 4 rings (SSSR count). The number of fused-ring (bicyclic) bond motifs is 1. The summed E-state index contributed by atoms with van der Waals surface area (Å²) in [5, 5.41) is 3.48. The highest BCUT2D eigenvalue weighted by Gasteiger charge is 2.47. The predicted octanol–water partition coefficient (Wildman–Crippen LogP) is 2.68. The topological polar surface area (TPSA) is 79.0 Å². The van der Waals surface area contributed by atoms with Crippen LogP contribution in [0.4, 0.5) is 11.4 Å². The first-order valence-electron chi connectivity index (χ1n) is 10.3. The van der Waals surface area contributed by atoms with Gasteiger partial charge >= 0.3 is 0 Å². The first kappa shape index (κ1) is 20.2. The van der Waals surface area contributed by atoms with Gasteiger partial charge in [0.2, 0.25) is 17.7 Å². The van der Waals surface area contributed by atoms with Gasteiger partial charge in [-0.1, -0.05) is 30.5 Å². The van der Waals surface area contributed by atoms with Crippen LogP contribution in [-0.2, 0) is 19.1 Å². The zero-order chi connectivity index (χ0) is 20.4. The lowest BCUT2D eigenvalue weighted by Crippen LogP contribution is -2.37. The van der Waals surface area contributed by atoms with Crippen LogP contribution in [0.2, 0.25) is 5.02 Å². The van der Waals surface area contributed by atoms with Crippen LogP contribution < -0.4 is 10.2 Å². The Hall–Kier alpha value is -2.12. The third-order valence-corrected chi connectivity index (χ3v) is 6.39. The Labute approximate surface area is 175 Å². The van der Waals surface area contributed by atoms with Crippen LogP contribution >= 0.6 is 11.6 Å². The molecular formula is C21H26ClN3O4. The summed E-state index contributed by atoms with van der Waals surface area (Å²) in [5.41, 5.74) is 1.42. The Morgan fingerprint density at radius 3 is 2.41 bits per heavy atom. The summed E-state index contributed by atoms with van der Waals surface area (Å²) in [7, 11) is 0. The molecule has 1 N–H and O–H groups in total. The van der Waals surface area contributed by atoms with E-state index >= 15 is 0 Å². The van der Waals surface area contributed by atoms with Crippen molar-refractivity contribution in [1.29, 1.82) is 0 Å². The molecule has 1 aromatic rings. The Balaban J connectivity index is 1.40. The van der Waals surface area contributed by atoms with Gasteiger partial charge in [0.25, 0.3) is 0 Å². The molecule has 3 fully saturated rings. The molecule has 0 bridgehead atoms. The van der Waals surface area contributed by atoms with Crippen molar-refractivity contribution in [3.8, 4) is 0 Å². The molecule has 1 aliphatic carbocycles. The first-order valence-corrected chi connectivity index (χ1v) is 10.7. The number of hydrogen-bond donors (Lipinski definition) is 1. The molecule has 2 heterocycles. The van der Waals surface area contributed by atoms with Crippen molar-refractivity contribution in [2.75, 3.05) is 43.1 Å². The van der Waals surface area contributed by atoms with Crippen molar-refractivity contribution in [1.82, 2.24) is 4.90 Å². The molecule has 156 valence electrons. The number of hydrogen-bond acceptors (Lipinski definition) is 5. The summed E-state index contributed by atoms with van der Waals surface area (Å²) in [6.07, 6.45) is 3.62. The number of para-hydroxylation sites is 1. The highest BCUT2D eigenvalue weighted by Crippen LogP contribution is 2.38. The molecule has 0 aromatic heterocycles. The van der Waals surface area contributed by atoms with Crippen LogP contribution in [0.25, 0.3) is 0 Å². The largest absolute Gasteiger partial charge is 0.378 e. The second kappa shape index (κ2) is 8.71. The van der Waals surface area contributed by atoms with E-state index < -0.39 is 0 Å². The molecule has 0 radical (unpaired) electrons. The van der Waals surface area contributed by atoms with Gasteiger partial charge < -0.3 is 15.0 Å². The van der Waals surface area contributed by atoms with Crippen molar-refractivity contribution < 1.29 is 19.1 Å². The number of halogens is 1. The fourth-order valence-corrected chi connectivity index (χ4v) is 4.90. The molecule has 29 heavy (non-hydrogen) atoms. The third-order valence-electron chi connectivity index (χ3n) is 6.08. The van der Waals surface area contributed by atoms with E-state index in [-0.39, 0.29) is 42.5 Å². The minimum absolute atomic E-state index is 0.0754. The number of benzene rings is 1. The molecular weight excluding hydrogens is 394 g/mol. The first-order chi connectivity index (χ1) is 14.1. The number of nitrogens with one attached hydrogen (secondary N) is 1. The Morgan fingerprint density at radius 1 is 1.10 bits per heavy atom. The number of amides is 3. The highest BCUT2D eigenvalue weighted by atomic mass is 35.5. The van der Waals surface area contributed by atoms with Gasteiger partial charge in [-0.2, -0.15) is 0 Å². The molecule has 0 unspecified atom stereocenters. The number of anilines is 2. The number of morpholine rings is 1. The molecule has 3 amide bonds. The quantitative estimate of drug-likeness (QED) is 0.742. The fourth-order valence-electron chi connectivity index (χ4n) is 4.60. The number of ether oxygens (including phenoxy) is 1. The summed E-state index contributed by atoms with van der Waals surface area (Å²) in [4.78, 5) is 41.1. The normalized spacial score (nSPS) is 24.6.